The van der Waals surface area contributed by atoms with Gasteiger partial charge >= 0.3 is 14.0 Å². The van der Waals surface area contributed by atoms with Crippen LogP contribution in [0.2, 0.25) is 0 Å². The van der Waals surface area contributed by atoms with Crippen LogP contribution < -0.4 is 0 Å². The molecule has 10 heavy (non-hydrogen) atoms. The van der Waals surface area contributed by atoms with Crippen molar-refractivity contribution in [2.75, 3.05) is 0 Å². The minimum atomic E-state index is -0.427. The van der Waals surface area contributed by atoms with Crippen LogP contribution in [0.15, 0.2) is 11.6 Å². The smallest absolute Gasteiger partial charge is 0.378 e. The Balaban J connectivity index is 4.06. The molecule has 0 N–H and O–H groups in total. The lowest BCUT2D eigenvalue weighted by Gasteiger charge is -2.00. The van der Waals surface area contributed by atoms with Crippen LogP contribution >= 0.6 is 0 Å². The summed E-state index contributed by atoms with van der Waals surface area (Å²) in [5.74, 6) is -0.427. The lowest BCUT2D eigenvalue weighted by Crippen LogP contribution is -2.04. The van der Waals surface area contributed by atoms with E-state index in [0.717, 1.165) is 6.42 Å². The van der Waals surface area contributed by atoms with Crippen LogP contribution in [-0.4, -0.2) is 14.0 Å². The summed E-state index contributed by atoms with van der Waals surface area (Å²) in [7, 11) is 4.69. The van der Waals surface area contributed by atoms with Gasteiger partial charge in [0.05, 0.1) is 0 Å². The Bertz CT molecular complexity index is 141. The van der Waals surface area contributed by atoms with Gasteiger partial charge in [-0.15, -0.1) is 0 Å². The summed E-state index contributed by atoms with van der Waals surface area (Å²) < 4.78 is 4.05. The summed E-state index contributed by atoms with van der Waals surface area (Å²) >= 11 is 0. The second-order valence-electron chi connectivity index (χ2n) is 1.90. The van der Waals surface area contributed by atoms with Crippen molar-refractivity contribution >= 4 is 14.0 Å². The summed E-state index contributed by atoms with van der Waals surface area (Å²) in [4.78, 5) is 10.7. The highest BCUT2D eigenvalue weighted by molar-refractivity contribution is 6.09. The molecule has 3 heteroatoms. The Morgan fingerprint density at radius 3 is 2.50 bits per heavy atom. The molecule has 0 aromatic rings. The highest BCUT2D eigenvalue weighted by atomic mass is 16.5. The maximum atomic E-state index is 10.7. The van der Waals surface area contributed by atoms with Crippen LogP contribution in [0.1, 0.15) is 26.7 Å². The third-order valence-corrected chi connectivity index (χ3v) is 1.20. The van der Waals surface area contributed by atoms with Gasteiger partial charge in [-0.05, 0) is 12.8 Å². The molecular formula is C7H11BO2. The molecule has 0 aliphatic heterocycles. The first-order valence-corrected chi connectivity index (χ1v) is 3.36. The van der Waals surface area contributed by atoms with Gasteiger partial charge in [0.25, 0.3) is 0 Å². The van der Waals surface area contributed by atoms with Crippen molar-refractivity contribution in [2.24, 2.45) is 0 Å². The van der Waals surface area contributed by atoms with E-state index in [4.69, 9.17) is 0 Å². The average molecular weight is 138 g/mol. The van der Waals surface area contributed by atoms with Gasteiger partial charge in [0.1, 0.15) is 0 Å². The first kappa shape index (κ1) is 9.27. The molecule has 0 atom stereocenters. The van der Waals surface area contributed by atoms with Crippen LogP contribution in [0, 0.1) is 0 Å². The molecule has 0 aliphatic rings. The van der Waals surface area contributed by atoms with Crippen molar-refractivity contribution in [3.63, 3.8) is 0 Å². The summed E-state index contributed by atoms with van der Waals surface area (Å²) in [6.07, 6.45) is 3.32. The van der Waals surface area contributed by atoms with Gasteiger partial charge in [-0.3, -0.25) is 0 Å². The van der Waals surface area contributed by atoms with Gasteiger partial charge in [-0.25, -0.2) is 4.79 Å². The van der Waals surface area contributed by atoms with Crippen LogP contribution in [0.3, 0.4) is 0 Å². The minimum absolute atomic E-state index is 0.427. The van der Waals surface area contributed by atoms with Crippen molar-refractivity contribution in [1.29, 1.82) is 0 Å². The lowest BCUT2D eigenvalue weighted by atomic mass is 10.2. The molecule has 0 aliphatic carbocycles. The fourth-order valence-corrected chi connectivity index (χ4v) is 0.694. The molecule has 0 saturated carbocycles. The number of carbonyl (C=O) groups excluding carboxylic acids is 1. The van der Waals surface area contributed by atoms with Crippen LogP contribution in [0.4, 0.5) is 0 Å². The van der Waals surface area contributed by atoms with Crippen molar-refractivity contribution in [3.05, 3.63) is 11.6 Å². The van der Waals surface area contributed by atoms with Crippen LogP contribution in [0.25, 0.3) is 0 Å². The zero-order chi connectivity index (χ0) is 7.98. The Morgan fingerprint density at radius 1 is 1.60 bits per heavy atom. The third-order valence-electron chi connectivity index (χ3n) is 1.20. The van der Waals surface area contributed by atoms with E-state index >= 15 is 0 Å². The van der Waals surface area contributed by atoms with Crippen molar-refractivity contribution < 1.29 is 9.45 Å². The molecule has 54 valence electrons. The third kappa shape index (κ3) is 2.71. The fourth-order valence-electron chi connectivity index (χ4n) is 0.694. The number of hydrogen-bond acceptors (Lipinski definition) is 2. The molecule has 0 aromatic carbocycles. The molecule has 0 amide bonds. The zero-order valence-corrected chi connectivity index (χ0v) is 6.39. The quantitative estimate of drug-likeness (QED) is 0.434. The second kappa shape index (κ2) is 5.09. The van der Waals surface area contributed by atoms with E-state index in [-0.39, 0.29) is 0 Å². The minimum Gasteiger partial charge on any atom is -0.540 e. The molecule has 2 nitrogen and oxygen atoms in total. The number of hydrogen-bond donors (Lipinski definition) is 0. The molecule has 0 fully saturated rings. The van der Waals surface area contributed by atoms with E-state index in [1.807, 2.05) is 19.9 Å². The lowest BCUT2D eigenvalue weighted by molar-refractivity contribution is -0.129. The summed E-state index contributed by atoms with van der Waals surface area (Å²) in [6.45, 7) is 3.85. The zero-order valence-electron chi connectivity index (χ0n) is 6.39. The highest BCUT2D eigenvalue weighted by Crippen LogP contribution is 2.03. The predicted octanol–water partition coefficient (Wildman–Crippen LogP) is 1.36. The van der Waals surface area contributed by atoms with Gasteiger partial charge in [0.15, 0.2) is 0 Å². The van der Waals surface area contributed by atoms with Gasteiger partial charge < -0.3 is 4.65 Å². The molecule has 0 rings (SSSR count). The van der Waals surface area contributed by atoms with E-state index in [1.54, 1.807) is 0 Å². The van der Waals surface area contributed by atoms with Gasteiger partial charge in [0, 0.05) is 5.57 Å². The topological polar surface area (TPSA) is 26.3 Å². The average Bonchev–Trinajstić information content (AvgIpc) is 1.99. The number of rotatable bonds is 3. The van der Waals surface area contributed by atoms with Crippen LogP contribution in [-0.2, 0) is 9.45 Å². The van der Waals surface area contributed by atoms with Gasteiger partial charge in [0.2, 0.25) is 0 Å². The molecule has 0 unspecified atom stereocenters. The van der Waals surface area contributed by atoms with E-state index in [2.05, 4.69) is 12.7 Å². The number of carbonyl (C=O) groups is 1. The van der Waals surface area contributed by atoms with Gasteiger partial charge in [-0.2, -0.15) is 0 Å². The van der Waals surface area contributed by atoms with E-state index in [9.17, 15) is 4.79 Å². The van der Waals surface area contributed by atoms with Crippen LogP contribution in [0.5, 0.6) is 0 Å². The maximum Gasteiger partial charge on any atom is 0.378 e. The van der Waals surface area contributed by atoms with E-state index in [1.165, 1.54) is 0 Å². The molecular weight excluding hydrogens is 127 g/mol. The SMILES string of the molecule is [B]OC(=O)C(=CCC)CC. The molecule has 0 spiro atoms. The first-order valence-electron chi connectivity index (χ1n) is 3.36. The Morgan fingerprint density at radius 2 is 2.20 bits per heavy atom. The number of allylic oxidation sites excluding steroid dienone is 1. The highest BCUT2D eigenvalue weighted by Gasteiger charge is 2.03. The van der Waals surface area contributed by atoms with Gasteiger partial charge in [-0.1, -0.05) is 19.9 Å². The van der Waals surface area contributed by atoms with E-state index < -0.39 is 5.97 Å². The molecule has 0 heterocycles. The monoisotopic (exact) mass is 138 g/mol. The summed E-state index contributed by atoms with van der Waals surface area (Å²) in [5, 5.41) is 0. The molecule has 0 bridgehead atoms. The molecule has 2 radical (unpaired) electrons. The predicted molar refractivity (Wildman–Crippen MR) is 40.5 cm³/mol. The molecule has 0 saturated heterocycles. The second-order valence-corrected chi connectivity index (χ2v) is 1.90. The Kier molecular flexibility index (Phi) is 4.72. The normalized spacial score (nSPS) is 11.2. The van der Waals surface area contributed by atoms with Crippen molar-refractivity contribution in [2.45, 2.75) is 26.7 Å². The standard InChI is InChI=1S/C7H11BO2/c1-3-5-6(4-2)7(9)10-8/h5H,3-4H2,1-2H3. The maximum absolute atomic E-state index is 10.7. The Hall–Kier alpha value is -0.725. The largest absolute Gasteiger partial charge is 0.540 e. The Labute approximate surface area is 62.7 Å². The first-order chi connectivity index (χ1) is 4.76. The van der Waals surface area contributed by atoms with E-state index in [0.29, 0.717) is 12.0 Å². The summed E-state index contributed by atoms with van der Waals surface area (Å²) in [5.41, 5.74) is 0.644. The summed E-state index contributed by atoms with van der Waals surface area (Å²) in [6, 6.07) is 0. The van der Waals surface area contributed by atoms with Crippen molar-refractivity contribution in [3.8, 4) is 0 Å². The molecule has 0 aromatic heterocycles. The van der Waals surface area contributed by atoms with Crippen molar-refractivity contribution in [1.82, 2.24) is 0 Å². The fraction of sp³-hybridized carbons (Fsp3) is 0.571.